The molecular weight excluding hydrogens is 310 g/mol. The van der Waals surface area contributed by atoms with E-state index in [2.05, 4.69) is 4.98 Å². The van der Waals surface area contributed by atoms with Gasteiger partial charge in [0.1, 0.15) is 0 Å². The van der Waals surface area contributed by atoms with E-state index < -0.39 is 0 Å². The molecule has 2 aliphatic heterocycles. The van der Waals surface area contributed by atoms with Crippen LogP contribution < -0.4 is 0 Å². The Morgan fingerprint density at radius 2 is 2.26 bits per heavy atom. The zero-order chi connectivity index (χ0) is 16.3. The van der Waals surface area contributed by atoms with Gasteiger partial charge in [-0.15, -0.1) is 0 Å². The van der Waals surface area contributed by atoms with Gasteiger partial charge in [-0.25, -0.2) is 0 Å². The molecule has 0 aromatic carbocycles. The summed E-state index contributed by atoms with van der Waals surface area (Å²) in [4.78, 5) is 33.1. The number of pyridine rings is 1. The molecule has 0 saturated carbocycles. The van der Waals surface area contributed by atoms with Gasteiger partial charge in [0.05, 0.1) is 11.2 Å². The van der Waals surface area contributed by atoms with Gasteiger partial charge in [-0.05, 0) is 37.1 Å². The van der Waals surface area contributed by atoms with Crippen LogP contribution in [0.3, 0.4) is 0 Å². The lowest BCUT2D eigenvalue weighted by atomic mass is 9.78. The standard InChI is InChI=1S/C17H23N3O2S/c1-23-12-15(21)20-9-6-17(13-20)5-3-8-19(16(17)22)11-14-4-2-7-18-10-14/h2,4,7,10H,3,5-6,8-9,11-13H2,1H3/t17-/m0/s1. The van der Waals surface area contributed by atoms with Crippen molar-refractivity contribution in [3.8, 4) is 0 Å². The molecule has 124 valence electrons. The molecule has 0 N–H and O–H groups in total. The lowest BCUT2D eigenvalue weighted by molar-refractivity contribution is -0.146. The van der Waals surface area contributed by atoms with Crippen LogP contribution in [0.25, 0.3) is 0 Å². The largest absolute Gasteiger partial charge is 0.341 e. The number of nitrogens with zero attached hydrogens (tertiary/aromatic N) is 3. The monoisotopic (exact) mass is 333 g/mol. The predicted molar refractivity (Wildman–Crippen MR) is 90.9 cm³/mol. The van der Waals surface area contributed by atoms with E-state index >= 15 is 0 Å². The highest BCUT2D eigenvalue weighted by Crippen LogP contribution is 2.40. The number of thioether (sulfide) groups is 1. The first-order valence-corrected chi connectivity index (χ1v) is 9.49. The minimum Gasteiger partial charge on any atom is -0.341 e. The van der Waals surface area contributed by atoms with Gasteiger partial charge in [0.15, 0.2) is 0 Å². The molecule has 2 saturated heterocycles. The first-order valence-electron chi connectivity index (χ1n) is 8.10. The number of hydrogen-bond donors (Lipinski definition) is 0. The Labute approximate surface area is 141 Å². The molecule has 0 radical (unpaired) electrons. The summed E-state index contributed by atoms with van der Waals surface area (Å²) >= 11 is 1.54. The molecule has 0 bridgehead atoms. The van der Waals surface area contributed by atoms with E-state index in [1.807, 2.05) is 34.4 Å². The van der Waals surface area contributed by atoms with Crippen molar-refractivity contribution < 1.29 is 9.59 Å². The summed E-state index contributed by atoms with van der Waals surface area (Å²) in [6.07, 6.45) is 8.21. The second-order valence-electron chi connectivity index (χ2n) is 6.47. The number of carbonyl (C=O) groups is 2. The van der Waals surface area contributed by atoms with Gasteiger partial charge in [0, 0.05) is 38.6 Å². The SMILES string of the molecule is CSCC(=O)N1CC[C@@]2(CCCN(Cc3cccnc3)C2=O)C1. The van der Waals surface area contributed by atoms with Crippen molar-refractivity contribution in [2.75, 3.05) is 31.6 Å². The van der Waals surface area contributed by atoms with Gasteiger partial charge in [0.25, 0.3) is 0 Å². The summed E-state index contributed by atoms with van der Waals surface area (Å²) < 4.78 is 0. The molecule has 1 atom stereocenters. The van der Waals surface area contributed by atoms with E-state index in [0.29, 0.717) is 25.4 Å². The van der Waals surface area contributed by atoms with Crippen molar-refractivity contribution in [1.82, 2.24) is 14.8 Å². The number of hydrogen-bond acceptors (Lipinski definition) is 4. The van der Waals surface area contributed by atoms with Crippen LogP contribution in [0.2, 0.25) is 0 Å². The molecule has 3 rings (SSSR count). The fourth-order valence-corrected chi connectivity index (χ4v) is 4.12. The smallest absolute Gasteiger partial charge is 0.232 e. The van der Waals surface area contributed by atoms with Crippen LogP contribution in [-0.2, 0) is 16.1 Å². The molecule has 3 heterocycles. The lowest BCUT2D eigenvalue weighted by Gasteiger charge is -2.39. The molecule has 2 amide bonds. The zero-order valence-electron chi connectivity index (χ0n) is 13.5. The third kappa shape index (κ3) is 3.37. The maximum atomic E-state index is 13.0. The van der Waals surface area contributed by atoms with Gasteiger partial charge in [-0.2, -0.15) is 11.8 Å². The first kappa shape index (κ1) is 16.3. The fourth-order valence-electron chi connectivity index (χ4n) is 3.69. The summed E-state index contributed by atoms with van der Waals surface area (Å²) in [5.74, 6) is 0.877. The predicted octanol–water partition coefficient (Wildman–Crippen LogP) is 1.79. The maximum Gasteiger partial charge on any atom is 0.232 e. The molecule has 2 fully saturated rings. The minimum atomic E-state index is -0.353. The van der Waals surface area contributed by atoms with Crippen LogP contribution in [0, 0.1) is 5.41 Å². The second kappa shape index (κ2) is 6.91. The molecule has 1 aromatic heterocycles. The van der Waals surface area contributed by atoms with Crippen LogP contribution >= 0.6 is 11.8 Å². The second-order valence-corrected chi connectivity index (χ2v) is 7.34. The number of rotatable bonds is 4. The number of aromatic nitrogens is 1. The molecule has 1 aromatic rings. The Bertz CT molecular complexity index is 580. The number of likely N-dealkylation sites (tertiary alicyclic amines) is 2. The summed E-state index contributed by atoms with van der Waals surface area (Å²) in [5, 5.41) is 0. The molecule has 1 spiro atoms. The summed E-state index contributed by atoms with van der Waals surface area (Å²) in [6.45, 7) is 2.72. The Balaban J connectivity index is 1.69. The van der Waals surface area contributed by atoms with E-state index in [1.165, 1.54) is 0 Å². The van der Waals surface area contributed by atoms with Crippen LogP contribution in [0.15, 0.2) is 24.5 Å². The van der Waals surface area contributed by atoms with Crippen LogP contribution in [0.1, 0.15) is 24.8 Å². The molecule has 5 nitrogen and oxygen atoms in total. The molecule has 0 aliphatic carbocycles. The maximum absolute atomic E-state index is 13.0. The third-order valence-corrected chi connectivity index (χ3v) is 5.43. The van der Waals surface area contributed by atoms with Crippen molar-refractivity contribution >= 4 is 23.6 Å². The Hall–Kier alpha value is -1.56. The number of amides is 2. The van der Waals surface area contributed by atoms with Crippen molar-refractivity contribution in [3.05, 3.63) is 30.1 Å². The minimum absolute atomic E-state index is 0.159. The molecule has 6 heteroatoms. The summed E-state index contributed by atoms with van der Waals surface area (Å²) in [5.41, 5.74) is 0.709. The molecule has 2 aliphatic rings. The highest BCUT2D eigenvalue weighted by Gasteiger charge is 2.49. The number of piperidine rings is 1. The van der Waals surface area contributed by atoms with Crippen LogP contribution in [0.4, 0.5) is 0 Å². The highest BCUT2D eigenvalue weighted by molar-refractivity contribution is 7.99. The average Bonchev–Trinajstić information content (AvgIpc) is 2.99. The van der Waals surface area contributed by atoms with Crippen molar-refractivity contribution in [2.24, 2.45) is 5.41 Å². The highest BCUT2D eigenvalue weighted by atomic mass is 32.2. The van der Waals surface area contributed by atoms with Gasteiger partial charge in [-0.1, -0.05) is 6.07 Å². The fraction of sp³-hybridized carbons (Fsp3) is 0.588. The quantitative estimate of drug-likeness (QED) is 0.843. The molecule has 23 heavy (non-hydrogen) atoms. The third-order valence-electron chi connectivity index (χ3n) is 4.89. The number of carbonyl (C=O) groups excluding carboxylic acids is 2. The van der Waals surface area contributed by atoms with Crippen molar-refractivity contribution in [3.63, 3.8) is 0 Å². The zero-order valence-corrected chi connectivity index (χ0v) is 14.3. The summed E-state index contributed by atoms with van der Waals surface area (Å²) in [6, 6.07) is 3.91. The van der Waals surface area contributed by atoms with Crippen LogP contribution in [-0.4, -0.2) is 58.2 Å². The Morgan fingerprint density at radius 1 is 1.39 bits per heavy atom. The van der Waals surface area contributed by atoms with E-state index in [-0.39, 0.29) is 17.2 Å². The molecule has 0 unspecified atom stereocenters. The van der Waals surface area contributed by atoms with Gasteiger partial charge in [-0.3, -0.25) is 14.6 Å². The normalized spacial score (nSPS) is 24.5. The Kier molecular flexibility index (Phi) is 4.90. The topological polar surface area (TPSA) is 53.5 Å². The Morgan fingerprint density at radius 3 is 3.00 bits per heavy atom. The summed E-state index contributed by atoms with van der Waals surface area (Å²) in [7, 11) is 0. The van der Waals surface area contributed by atoms with Crippen LogP contribution in [0.5, 0.6) is 0 Å². The van der Waals surface area contributed by atoms with Crippen molar-refractivity contribution in [2.45, 2.75) is 25.8 Å². The van der Waals surface area contributed by atoms with Gasteiger partial charge >= 0.3 is 0 Å². The lowest BCUT2D eigenvalue weighted by Crippen LogP contribution is -2.50. The van der Waals surface area contributed by atoms with E-state index in [9.17, 15) is 9.59 Å². The average molecular weight is 333 g/mol. The van der Waals surface area contributed by atoms with Gasteiger partial charge < -0.3 is 9.80 Å². The van der Waals surface area contributed by atoms with E-state index in [4.69, 9.17) is 0 Å². The van der Waals surface area contributed by atoms with E-state index in [1.54, 1.807) is 18.0 Å². The first-order chi connectivity index (χ1) is 11.1. The van der Waals surface area contributed by atoms with Crippen molar-refractivity contribution in [1.29, 1.82) is 0 Å². The van der Waals surface area contributed by atoms with E-state index in [0.717, 1.165) is 31.4 Å². The molecular formula is C17H23N3O2S. The van der Waals surface area contributed by atoms with Gasteiger partial charge in [0.2, 0.25) is 11.8 Å².